The molecule has 1 saturated heterocycles. The summed E-state index contributed by atoms with van der Waals surface area (Å²) in [5, 5.41) is 4.80. The highest BCUT2D eigenvalue weighted by Gasteiger charge is 2.14. The first-order valence-electron chi connectivity index (χ1n) is 6.01. The summed E-state index contributed by atoms with van der Waals surface area (Å²) in [5.74, 6) is 0. The highest BCUT2D eigenvalue weighted by atomic mass is 35.5. The minimum absolute atomic E-state index is 0. The van der Waals surface area contributed by atoms with E-state index in [1.165, 1.54) is 30.2 Å². The predicted molar refractivity (Wildman–Crippen MR) is 73.6 cm³/mol. The lowest BCUT2D eigenvalue weighted by Crippen LogP contribution is -2.26. The summed E-state index contributed by atoms with van der Waals surface area (Å²) in [5.41, 5.74) is 2.42. The summed E-state index contributed by atoms with van der Waals surface area (Å²) in [6.45, 7) is 1.14. The fourth-order valence-electron chi connectivity index (χ4n) is 2.41. The molecule has 1 atom stereocenters. The molecular formula is C14H17ClN2. The molecule has 0 spiro atoms. The summed E-state index contributed by atoms with van der Waals surface area (Å²) in [6, 6.07) is 11.1. The average molecular weight is 249 g/mol. The Balaban J connectivity index is 0.00000108. The minimum atomic E-state index is 0. The number of benzene rings is 1. The number of para-hydroxylation sites is 1. The number of fused-ring (bicyclic) bond motifs is 1. The molecule has 0 radical (unpaired) electrons. The number of pyridine rings is 1. The quantitative estimate of drug-likeness (QED) is 0.836. The van der Waals surface area contributed by atoms with E-state index in [-0.39, 0.29) is 12.4 Å². The molecule has 0 bridgehead atoms. The first kappa shape index (κ1) is 12.3. The van der Waals surface area contributed by atoms with Crippen LogP contribution in [0.25, 0.3) is 10.9 Å². The van der Waals surface area contributed by atoms with Crippen molar-refractivity contribution in [3.63, 3.8) is 0 Å². The smallest absolute Gasteiger partial charge is 0.0702 e. The number of piperidine rings is 1. The zero-order valence-electron chi connectivity index (χ0n) is 9.73. The maximum atomic E-state index is 4.52. The zero-order valence-corrected chi connectivity index (χ0v) is 10.5. The fourth-order valence-corrected chi connectivity index (χ4v) is 2.41. The molecule has 0 saturated carbocycles. The lowest BCUT2D eigenvalue weighted by Gasteiger charge is -2.23. The van der Waals surface area contributed by atoms with Crippen molar-refractivity contribution in [1.82, 2.24) is 10.3 Å². The van der Waals surface area contributed by atoms with Gasteiger partial charge in [0, 0.05) is 17.6 Å². The van der Waals surface area contributed by atoms with Crippen molar-refractivity contribution in [1.29, 1.82) is 0 Å². The van der Waals surface area contributed by atoms with Crippen molar-refractivity contribution in [2.24, 2.45) is 0 Å². The summed E-state index contributed by atoms with van der Waals surface area (Å²) in [7, 11) is 0. The fraction of sp³-hybridized carbons (Fsp3) is 0.357. The van der Waals surface area contributed by atoms with E-state index in [2.05, 4.69) is 34.6 Å². The SMILES string of the molecule is Cl.c1ccc2ncc(C3CCCCN3)cc2c1. The third-order valence-electron chi connectivity index (χ3n) is 3.32. The third-order valence-corrected chi connectivity index (χ3v) is 3.32. The van der Waals surface area contributed by atoms with Crippen molar-refractivity contribution in [3.8, 4) is 0 Å². The average Bonchev–Trinajstić information content (AvgIpc) is 2.39. The van der Waals surface area contributed by atoms with Gasteiger partial charge in [0.1, 0.15) is 0 Å². The second-order valence-electron chi connectivity index (χ2n) is 4.46. The van der Waals surface area contributed by atoms with Gasteiger partial charge >= 0.3 is 0 Å². The van der Waals surface area contributed by atoms with Crippen LogP contribution in [0.1, 0.15) is 30.9 Å². The van der Waals surface area contributed by atoms with Crippen LogP contribution in [0.2, 0.25) is 0 Å². The molecule has 1 fully saturated rings. The molecule has 0 aliphatic carbocycles. The zero-order chi connectivity index (χ0) is 10.8. The van der Waals surface area contributed by atoms with Gasteiger partial charge < -0.3 is 5.32 Å². The van der Waals surface area contributed by atoms with Gasteiger partial charge in [0.25, 0.3) is 0 Å². The van der Waals surface area contributed by atoms with Crippen LogP contribution in [0, 0.1) is 0 Å². The summed E-state index contributed by atoms with van der Waals surface area (Å²) >= 11 is 0. The molecule has 3 heteroatoms. The Morgan fingerprint density at radius 1 is 1.18 bits per heavy atom. The van der Waals surface area contributed by atoms with Crippen molar-refractivity contribution in [3.05, 3.63) is 42.1 Å². The number of hydrogen-bond acceptors (Lipinski definition) is 2. The van der Waals surface area contributed by atoms with E-state index in [9.17, 15) is 0 Å². The van der Waals surface area contributed by atoms with Crippen LogP contribution in [0.5, 0.6) is 0 Å². The first-order chi connectivity index (χ1) is 7.93. The molecule has 90 valence electrons. The largest absolute Gasteiger partial charge is 0.310 e. The Morgan fingerprint density at radius 2 is 2.06 bits per heavy atom. The van der Waals surface area contributed by atoms with Gasteiger partial charge in [0.15, 0.2) is 0 Å². The van der Waals surface area contributed by atoms with Crippen molar-refractivity contribution in [2.45, 2.75) is 25.3 Å². The number of aromatic nitrogens is 1. The number of hydrogen-bond donors (Lipinski definition) is 1. The Kier molecular flexibility index (Phi) is 3.97. The van der Waals surface area contributed by atoms with Gasteiger partial charge in [-0.1, -0.05) is 24.6 Å². The molecule has 17 heavy (non-hydrogen) atoms. The lowest BCUT2D eigenvalue weighted by atomic mass is 9.98. The molecular weight excluding hydrogens is 232 g/mol. The number of halogens is 1. The van der Waals surface area contributed by atoms with Gasteiger partial charge in [-0.25, -0.2) is 0 Å². The maximum absolute atomic E-state index is 4.52. The van der Waals surface area contributed by atoms with Gasteiger partial charge in [-0.3, -0.25) is 4.98 Å². The van der Waals surface area contributed by atoms with Gasteiger partial charge in [0.2, 0.25) is 0 Å². The highest BCUT2D eigenvalue weighted by molar-refractivity contribution is 5.85. The Labute approximate surface area is 108 Å². The Hall–Kier alpha value is -1.12. The van der Waals surface area contributed by atoms with E-state index < -0.39 is 0 Å². The Bertz CT molecular complexity index is 492. The second kappa shape index (κ2) is 5.48. The van der Waals surface area contributed by atoms with Crippen LogP contribution < -0.4 is 5.32 Å². The van der Waals surface area contributed by atoms with Crippen LogP contribution in [-0.2, 0) is 0 Å². The lowest BCUT2D eigenvalue weighted by molar-refractivity contribution is 0.412. The van der Waals surface area contributed by atoms with Crippen molar-refractivity contribution >= 4 is 23.3 Å². The molecule has 1 aliphatic heterocycles. The third kappa shape index (κ3) is 2.59. The highest BCUT2D eigenvalue weighted by Crippen LogP contribution is 2.24. The molecule has 1 N–H and O–H groups in total. The van der Waals surface area contributed by atoms with Gasteiger partial charge in [-0.2, -0.15) is 0 Å². The maximum Gasteiger partial charge on any atom is 0.0702 e. The number of rotatable bonds is 1. The normalized spacial score (nSPS) is 19.9. The predicted octanol–water partition coefficient (Wildman–Crippen LogP) is 3.47. The molecule has 2 aromatic rings. The molecule has 1 unspecified atom stereocenters. The molecule has 2 nitrogen and oxygen atoms in total. The van der Waals surface area contributed by atoms with Crippen molar-refractivity contribution in [2.75, 3.05) is 6.54 Å². The van der Waals surface area contributed by atoms with Crippen LogP contribution in [0.4, 0.5) is 0 Å². The van der Waals surface area contributed by atoms with Gasteiger partial charge in [0.05, 0.1) is 5.52 Å². The van der Waals surface area contributed by atoms with E-state index in [0.717, 1.165) is 12.1 Å². The topological polar surface area (TPSA) is 24.9 Å². The van der Waals surface area contributed by atoms with Gasteiger partial charge in [-0.15, -0.1) is 12.4 Å². The molecule has 2 heterocycles. The molecule has 1 aliphatic rings. The van der Waals surface area contributed by atoms with E-state index in [0.29, 0.717) is 6.04 Å². The van der Waals surface area contributed by atoms with E-state index in [1.807, 2.05) is 12.3 Å². The van der Waals surface area contributed by atoms with Crippen LogP contribution in [-0.4, -0.2) is 11.5 Å². The van der Waals surface area contributed by atoms with Crippen LogP contribution in [0.3, 0.4) is 0 Å². The van der Waals surface area contributed by atoms with E-state index in [4.69, 9.17) is 0 Å². The molecule has 1 aromatic carbocycles. The van der Waals surface area contributed by atoms with Crippen molar-refractivity contribution < 1.29 is 0 Å². The monoisotopic (exact) mass is 248 g/mol. The van der Waals surface area contributed by atoms with E-state index in [1.54, 1.807) is 0 Å². The number of nitrogens with one attached hydrogen (secondary N) is 1. The molecule has 1 aromatic heterocycles. The van der Waals surface area contributed by atoms with E-state index >= 15 is 0 Å². The van der Waals surface area contributed by atoms with Crippen LogP contribution >= 0.6 is 12.4 Å². The summed E-state index contributed by atoms with van der Waals surface area (Å²) in [4.78, 5) is 4.52. The molecule has 3 rings (SSSR count). The molecule has 0 amide bonds. The Morgan fingerprint density at radius 3 is 2.88 bits per heavy atom. The standard InChI is InChI=1S/C14H16N2.ClH/c1-2-6-13-11(5-1)9-12(10-16-13)14-7-3-4-8-15-14;/h1-2,5-6,9-10,14-15H,3-4,7-8H2;1H. The summed E-state index contributed by atoms with van der Waals surface area (Å²) in [6.07, 6.45) is 5.88. The van der Waals surface area contributed by atoms with Gasteiger partial charge in [-0.05, 0) is 37.1 Å². The van der Waals surface area contributed by atoms with Crippen LogP contribution in [0.15, 0.2) is 36.5 Å². The minimum Gasteiger partial charge on any atom is -0.310 e. The summed E-state index contributed by atoms with van der Waals surface area (Å²) < 4.78 is 0. The second-order valence-corrected chi connectivity index (χ2v) is 4.46. The first-order valence-corrected chi connectivity index (χ1v) is 6.01. The number of nitrogens with zero attached hydrogens (tertiary/aromatic N) is 1.